The van der Waals surface area contributed by atoms with Gasteiger partial charge in [-0.15, -0.1) is 6.58 Å². The molecule has 0 atom stereocenters. The number of hydrogen-bond donors (Lipinski definition) is 0. The Morgan fingerprint density at radius 1 is 1.14 bits per heavy atom. The quantitative estimate of drug-likeness (QED) is 0.305. The molecule has 0 bridgehead atoms. The van der Waals surface area contributed by atoms with Gasteiger partial charge in [0.1, 0.15) is 23.8 Å². The minimum atomic E-state index is -0.141. The van der Waals surface area contributed by atoms with Crippen molar-refractivity contribution >= 4 is 11.9 Å². The molecule has 0 amide bonds. The van der Waals surface area contributed by atoms with Gasteiger partial charge in [-0.3, -0.25) is 9.48 Å². The van der Waals surface area contributed by atoms with Crippen LogP contribution in [0.4, 0.5) is 0 Å². The van der Waals surface area contributed by atoms with E-state index in [0.29, 0.717) is 12.3 Å². The normalized spacial score (nSPS) is 10.8. The molecule has 0 aliphatic carbocycles. The van der Waals surface area contributed by atoms with Crippen molar-refractivity contribution in [2.45, 2.75) is 13.0 Å². The summed E-state index contributed by atoms with van der Waals surface area (Å²) in [6.07, 6.45) is 7.63. The molecule has 3 rings (SSSR count). The van der Waals surface area contributed by atoms with Gasteiger partial charge in [-0.1, -0.05) is 36.4 Å². The SMILES string of the molecule is C=CCc1ccccc1OCc1cc(/C=C/C(=O)c2ccn(C)n2)ccc1OC. The predicted octanol–water partition coefficient (Wildman–Crippen LogP) is 4.63. The first-order valence-electron chi connectivity index (χ1n) is 9.31. The molecule has 0 unspecified atom stereocenters. The average molecular weight is 388 g/mol. The van der Waals surface area contributed by atoms with Gasteiger partial charge in [-0.2, -0.15) is 5.10 Å². The predicted molar refractivity (Wildman–Crippen MR) is 114 cm³/mol. The lowest BCUT2D eigenvalue weighted by molar-refractivity contribution is 0.104. The molecule has 29 heavy (non-hydrogen) atoms. The van der Waals surface area contributed by atoms with Gasteiger partial charge in [0.25, 0.3) is 0 Å². The number of carbonyl (C=O) groups is 1. The monoisotopic (exact) mass is 388 g/mol. The third kappa shape index (κ3) is 5.23. The molecule has 2 aromatic carbocycles. The Bertz CT molecular complexity index is 1030. The second-order valence-electron chi connectivity index (χ2n) is 6.53. The maximum absolute atomic E-state index is 12.2. The molecule has 0 N–H and O–H groups in total. The maximum atomic E-state index is 12.2. The summed E-state index contributed by atoms with van der Waals surface area (Å²) in [6.45, 7) is 4.15. The van der Waals surface area contributed by atoms with Gasteiger partial charge < -0.3 is 9.47 Å². The van der Waals surface area contributed by atoms with Crippen molar-refractivity contribution in [1.29, 1.82) is 0 Å². The molecule has 5 nitrogen and oxygen atoms in total. The molecule has 0 saturated heterocycles. The average Bonchev–Trinajstić information content (AvgIpc) is 3.18. The number of benzene rings is 2. The van der Waals surface area contributed by atoms with Gasteiger partial charge in [-0.25, -0.2) is 0 Å². The first kappa shape index (κ1) is 20.1. The molecule has 0 aliphatic rings. The van der Waals surface area contributed by atoms with Crippen LogP contribution in [0.5, 0.6) is 11.5 Å². The fraction of sp³-hybridized carbons (Fsp3) is 0.167. The third-order valence-electron chi connectivity index (χ3n) is 4.42. The highest BCUT2D eigenvalue weighted by molar-refractivity contribution is 6.05. The highest BCUT2D eigenvalue weighted by Crippen LogP contribution is 2.25. The van der Waals surface area contributed by atoms with Crippen molar-refractivity contribution in [3.05, 3.63) is 95.8 Å². The van der Waals surface area contributed by atoms with E-state index in [1.165, 1.54) is 6.08 Å². The summed E-state index contributed by atoms with van der Waals surface area (Å²) in [5, 5.41) is 4.12. The molecule has 0 fully saturated rings. The van der Waals surface area contributed by atoms with E-state index in [0.717, 1.165) is 34.6 Å². The number of nitrogens with zero attached hydrogens (tertiary/aromatic N) is 2. The lowest BCUT2D eigenvalue weighted by Crippen LogP contribution is -2.01. The van der Waals surface area contributed by atoms with Crippen molar-refractivity contribution in [1.82, 2.24) is 9.78 Å². The summed E-state index contributed by atoms with van der Waals surface area (Å²) in [6, 6.07) is 15.3. The van der Waals surface area contributed by atoms with Gasteiger partial charge >= 0.3 is 0 Å². The third-order valence-corrected chi connectivity index (χ3v) is 4.42. The molecular formula is C24H24N2O3. The fourth-order valence-corrected chi connectivity index (χ4v) is 2.94. The van der Waals surface area contributed by atoms with Crippen LogP contribution < -0.4 is 9.47 Å². The van der Waals surface area contributed by atoms with E-state index in [9.17, 15) is 4.79 Å². The first-order chi connectivity index (χ1) is 14.1. The van der Waals surface area contributed by atoms with Crippen LogP contribution >= 0.6 is 0 Å². The Morgan fingerprint density at radius 2 is 1.97 bits per heavy atom. The number of aromatic nitrogens is 2. The van der Waals surface area contributed by atoms with E-state index >= 15 is 0 Å². The standard InChI is InChI=1S/C24H24N2O3/c1-4-7-19-8-5-6-9-24(19)29-17-20-16-18(11-13-23(20)28-3)10-12-22(27)21-14-15-26(2)25-21/h4-6,8-16H,1,7,17H2,2-3H3/b12-10+. The summed E-state index contributed by atoms with van der Waals surface area (Å²) in [7, 11) is 3.41. The topological polar surface area (TPSA) is 53.4 Å². The van der Waals surface area contributed by atoms with E-state index in [4.69, 9.17) is 9.47 Å². The fourth-order valence-electron chi connectivity index (χ4n) is 2.94. The molecule has 3 aromatic rings. The van der Waals surface area contributed by atoms with E-state index in [2.05, 4.69) is 11.7 Å². The second-order valence-corrected chi connectivity index (χ2v) is 6.53. The number of rotatable bonds is 9. The maximum Gasteiger partial charge on any atom is 0.206 e. The van der Waals surface area contributed by atoms with Crippen LogP contribution in [0.25, 0.3) is 6.08 Å². The molecule has 0 saturated carbocycles. The molecule has 0 radical (unpaired) electrons. The molecule has 0 spiro atoms. The van der Waals surface area contributed by atoms with Crippen molar-refractivity contribution in [3.63, 3.8) is 0 Å². The Morgan fingerprint density at radius 3 is 2.69 bits per heavy atom. The number of aryl methyl sites for hydroxylation is 1. The summed E-state index contributed by atoms with van der Waals surface area (Å²) in [4.78, 5) is 12.2. The Labute approximate surface area is 170 Å². The second kappa shape index (κ2) is 9.55. The highest BCUT2D eigenvalue weighted by Gasteiger charge is 2.08. The lowest BCUT2D eigenvalue weighted by atomic mass is 10.1. The zero-order valence-electron chi connectivity index (χ0n) is 16.7. The van der Waals surface area contributed by atoms with Crippen molar-refractivity contribution in [3.8, 4) is 11.5 Å². The minimum Gasteiger partial charge on any atom is -0.496 e. The van der Waals surface area contributed by atoms with Crippen LogP contribution in [0.1, 0.15) is 27.2 Å². The molecule has 1 heterocycles. The van der Waals surface area contributed by atoms with Crippen LogP contribution in [0, 0.1) is 0 Å². The summed E-state index contributed by atoms with van der Waals surface area (Å²) < 4.78 is 13.1. The molecule has 148 valence electrons. The smallest absolute Gasteiger partial charge is 0.206 e. The number of para-hydroxylation sites is 1. The number of ether oxygens (including phenoxy) is 2. The zero-order chi connectivity index (χ0) is 20.6. The zero-order valence-corrected chi connectivity index (χ0v) is 16.7. The van der Waals surface area contributed by atoms with Gasteiger partial charge in [-0.05, 0) is 47.9 Å². The Balaban J connectivity index is 1.76. The van der Waals surface area contributed by atoms with Gasteiger partial charge in [0, 0.05) is 18.8 Å². The number of carbonyl (C=O) groups excluding carboxylic acids is 1. The lowest BCUT2D eigenvalue weighted by Gasteiger charge is -2.13. The van der Waals surface area contributed by atoms with E-state index in [1.807, 2.05) is 48.5 Å². The number of ketones is 1. The summed E-state index contributed by atoms with van der Waals surface area (Å²) in [5.74, 6) is 1.41. The van der Waals surface area contributed by atoms with E-state index < -0.39 is 0 Å². The first-order valence-corrected chi connectivity index (χ1v) is 9.31. The number of allylic oxidation sites excluding steroid dienone is 2. The van der Waals surface area contributed by atoms with E-state index in [1.54, 1.807) is 37.2 Å². The van der Waals surface area contributed by atoms with Crippen molar-refractivity contribution in [2.75, 3.05) is 7.11 Å². The largest absolute Gasteiger partial charge is 0.496 e. The summed E-state index contributed by atoms with van der Waals surface area (Å²) in [5.41, 5.74) is 3.28. The molecular weight excluding hydrogens is 364 g/mol. The number of hydrogen-bond acceptors (Lipinski definition) is 4. The summed E-state index contributed by atoms with van der Waals surface area (Å²) >= 11 is 0. The van der Waals surface area contributed by atoms with E-state index in [-0.39, 0.29) is 5.78 Å². The Kier molecular flexibility index (Phi) is 6.63. The Hall–Kier alpha value is -3.60. The molecule has 1 aromatic heterocycles. The van der Waals surface area contributed by atoms with Gasteiger partial charge in [0.15, 0.2) is 0 Å². The van der Waals surface area contributed by atoms with Crippen molar-refractivity contribution < 1.29 is 14.3 Å². The van der Waals surface area contributed by atoms with Crippen LogP contribution in [0.3, 0.4) is 0 Å². The van der Waals surface area contributed by atoms with Gasteiger partial charge in [0.2, 0.25) is 5.78 Å². The highest BCUT2D eigenvalue weighted by atomic mass is 16.5. The minimum absolute atomic E-state index is 0.141. The number of methoxy groups -OCH3 is 1. The van der Waals surface area contributed by atoms with Crippen LogP contribution in [0.2, 0.25) is 0 Å². The van der Waals surface area contributed by atoms with Gasteiger partial charge in [0.05, 0.1) is 7.11 Å². The van der Waals surface area contributed by atoms with Crippen molar-refractivity contribution in [2.24, 2.45) is 7.05 Å². The van der Waals surface area contributed by atoms with Crippen LogP contribution in [-0.2, 0) is 20.1 Å². The molecule has 0 aliphatic heterocycles. The molecule has 5 heteroatoms. The van der Waals surface area contributed by atoms with Crippen LogP contribution in [-0.4, -0.2) is 22.7 Å². The van der Waals surface area contributed by atoms with Crippen LogP contribution in [0.15, 0.2) is 73.5 Å².